The van der Waals surface area contributed by atoms with Crippen molar-refractivity contribution in [1.29, 1.82) is 0 Å². The Morgan fingerprint density at radius 3 is 2.74 bits per heavy atom. The lowest BCUT2D eigenvalue weighted by molar-refractivity contribution is -0.120. The Kier molecular flexibility index (Phi) is 4.57. The molecule has 0 spiro atoms. The molecule has 0 fully saturated rings. The topological polar surface area (TPSA) is 59.8 Å². The number of amides is 1. The highest BCUT2D eigenvalue weighted by molar-refractivity contribution is 7.80. The molecule has 100 valence electrons. The largest absolute Gasteiger partial charge is 0.355 e. The molecule has 0 radical (unpaired) electrons. The fourth-order valence-corrected chi connectivity index (χ4v) is 1.86. The van der Waals surface area contributed by atoms with Gasteiger partial charge in [-0.2, -0.15) is 0 Å². The molecule has 2 aromatic rings. The molecule has 6 heteroatoms. The maximum absolute atomic E-state index is 11.7. The number of aryl methyl sites for hydroxylation is 1. The van der Waals surface area contributed by atoms with Crippen molar-refractivity contribution < 1.29 is 4.79 Å². The van der Waals surface area contributed by atoms with Gasteiger partial charge in [0.05, 0.1) is 6.42 Å². The first kappa shape index (κ1) is 13.6. The van der Waals surface area contributed by atoms with Crippen molar-refractivity contribution >= 4 is 18.5 Å². The second-order valence-electron chi connectivity index (χ2n) is 4.30. The van der Waals surface area contributed by atoms with E-state index in [1.54, 1.807) is 6.33 Å². The van der Waals surface area contributed by atoms with Gasteiger partial charge in [-0.15, -0.1) is 22.8 Å². The van der Waals surface area contributed by atoms with Crippen LogP contribution < -0.4 is 5.32 Å². The van der Waals surface area contributed by atoms with E-state index < -0.39 is 0 Å². The van der Waals surface area contributed by atoms with Crippen LogP contribution in [0.25, 0.3) is 0 Å². The number of thiol groups is 1. The van der Waals surface area contributed by atoms with Crippen LogP contribution in [-0.4, -0.2) is 27.2 Å². The van der Waals surface area contributed by atoms with Gasteiger partial charge in [-0.25, -0.2) is 0 Å². The minimum atomic E-state index is 0.00841. The molecule has 1 aromatic carbocycles. The molecule has 0 aliphatic carbocycles. The fraction of sp³-hybridized carbons (Fsp3) is 0.308. The summed E-state index contributed by atoms with van der Waals surface area (Å²) in [6.45, 7) is 0.565. The van der Waals surface area contributed by atoms with Crippen LogP contribution in [0.3, 0.4) is 0 Å². The number of nitrogens with one attached hydrogen (secondary N) is 1. The Hall–Kier alpha value is -1.82. The van der Waals surface area contributed by atoms with Crippen LogP contribution in [0.4, 0.5) is 0 Å². The average molecular weight is 276 g/mol. The lowest BCUT2D eigenvalue weighted by Crippen LogP contribution is -2.27. The number of benzene rings is 1. The number of aromatic nitrogens is 3. The first-order valence-electron chi connectivity index (χ1n) is 6.02. The Morgan fingerprint density at radius 2 is 2.11 bits per heavy atom. The monoisotopic (exact) mass is 276 g/mol. The first-order chi connectivity index (χ1) is 9.15. The molecule has 0 aliphatic heterocycles. The van der Waals surface area contributed by atoms with Gasteiger partial charge in [0.15, 0.2) is 0 Å². The molecule has 0 unspecified atom stereocenters. The Balaban J connectivity index is 1.76. The van der Waals surface area contributed by atoms with Crippen molar-refractivity contribution in [2.75, 3.05) is 6.54 Å². The Bertz CT molecular complexity index is 550. The highest BCUT2D eigenvalue weighted by Crippen LogP contribution is 2.08. The van der Waals surface area contributed by atoms with Gasteiger partial charge >= 0.3 is 0 Å². The molecule has 2 rings (SSSR count). The van der Waals surface area contributed by atoms with Crippen molar-refractivity contribution in [3.05, 3.63) is 42.0 Å². The van der Waals surface area contributed by atoms with Gasteiger partial charge in [-0.3, -0.25) is 4.79 Å². The number of nitrogens with zero attached hydrogens (tertiary/aromatic N) is 3. The van der Waals surface area contributed by atoms with Crippen LogP contribution >= 0.6 is 12.6 Å². The third-order valence-corrected chi connectivity index (χ3v) is 3.08. The summed E-state index contributed by atoms with van der Waals surface area (Å²) < 4.78 is 1.84. The second-order valence-corrected chi connectivity index (χ2v) is 4.82. The lowest BCUT2D eigenvalue weighted by Gasteiger charge is -2.05. The van der Waals surface area contributed by atoms with E-state index >= 15 is 0 Å². The molecule has 19 heavy (non-hydrogen) atoms. The van der Waals surface area contributed by atoms with E-state index in [1.807, 2.05) is 35.9 Å². The van der Waals surface area contributed by atoms with Gasteiger partial charge in [0.2, 0.25) is 5.91 Å². The maximum atomic E-state index is 11.7. The molecular formula is C13H16N4OS. The predicted molar refractivity (Wildman–Crippen MR) is 75.1 cm³/mol. The molecule has 0 atom stereocenters. The summed E-state index contributed by atoms with van der Waals surface area (Å²) in [5.41, 5.74) is 0.981. The number of rotatable bonds is 5. The number of hydrogen-bond acceptors (Lipinski definition) is 4. The van der Waals surface area contributed by atoms with Crippen LogP contribution in [0, 0.1) is 0 Å². The summed E-state index contributed by atoms with van der Waals surface area (Å²) in [6.07, 6.45) is 2.71. The second kappa shape index (κ2) is 6.38. The zero-order valence-electron chi connectivity index (χ0n) is 10.7. The number of carbonyl (C=O) groups is 1. The van der Waals surface area contributed by atoms with Gasteiger partial charge in [0.25, 0.3) is 0 Å². The summed E-state index contributed by atoms with van der Waals surface area (Å²) in [5, 5.41) is 10.6. The summed E-state index contributed by atoms with van der Waals surface area (Å²) in [4.78, 5) is 12.6. The van der Waals surface area contributed by atoms with Crippen LogP contribution in [0.2, 0.25) is 0 Å². The molecule has 1 N–H and O–H groups in total. The van der Waals surface area contributed by atoms with Crippen molar-refractivity contribution in [2.24, 2.45) is 7.05 Å². The van der Waals surface area contributed by atoms with E-state index in [0.29, 0.717) is 19.4 Å². The van der Waals surface area contributed by atoms with E-state index in [2.05, 4.69) is 28.1 Å². The van der Waals surface area contributed by atoms with Crippen molar-refractivity contribution in [3.8, 4) is 0 Å². The molecule has 0 saturated carbocycles. The SMILES string of the molecule is Cn1cnnc1CCNC(=O)Cc1ccc(S)cc1. The molecule has 1 aromatic heterocycles. The van der Waals surface area contributed by atoms with Gasteiger partial charge < -0.3 is 9.88 Å². The van der Waals surface area contributed by atoms with Crippen LogP contribution in [0.15, 0.2) is 35.5 Å². The zero-order valence-corrected chi connectivity index (χ0v) is 11.6. The van der Waals surface area contributed by atoms with Crippen molar-refractivity contribution in [2.45, 2.75) is 17.7 Å². The van der Waals surface area contributed by atoms with E-state index in [0.717, 1.165) is 16.3 Å². The zero-order chi connectivity index (χ0) is 13.7. The summed E-state index contributed by atoms with van der Waals surface area (Å²) in [6, 6.07) is 7.58. The highest BCUT2D eigenvalue weighted by atomic mass is 32.1. The minimum Gasteiger partial charge on any atom is -0.355 e. The van der Waals surface area contributed by atoms with E-state index in [1.165, 1.54) is 0 Å². The molecule has 5 nitrogen and oxygen atoms in total. The lowest BCUT2D eigenvalue weighted by atomic mass is 10.1. The normalized spacial score (nSPS) is 10.4. The van der Waals surface area contributed by atoms with Crippen LogP contribution in [0.1, 0.15) is 11.4 Å². The maximum Gasteiger partial charge on any atom is 0.224 e. The van der Waals surface area contributed by atoms with Gasteiger partial charge in [0, 0.05) is 24.9 Å². The molecule has 1 amide bonds. The summed E-state index contributed by atoms with van der Waals surface area (Å²) in [7, 11) is 1.89. The third-order valence-electron chi connectivity index (χ3n) is 2.78. The molecule has 0 aliphatic rings. The first-order valence-corrected chi connectivity index (χ1v) is 6.47. The van der Waals surface area contributed by atoms with E-state index in [9.17, 15) is 4.79 Å². The summed E-state index contributed by atoms with van der Waals surface area (Å²) in [5.74, 6) is 0.869. The summed E-state index contributed by atoms with van der Waals surface area (Å²) >= 11 is 4.21. The highest BCUT2D eigenvalue weighted by Gasteiger charge is 2.04. The predicted octanol–water partition coefficient (Wildman–Crippen LogP) is 1.01. The van der Waals surface area contributed by atoms with Gasteiger partial charge in [-0.1, -0.05) is 12.1 Å². The fourth-order valence-electron chi connectivity index (χ4n) is 1.71. The molecule has 0 saturated heterocycles. The van der Waals surface area contributed by atoms with Crippen LogP contribution in [-0.2, 0) is 24.7 Å². The van der Waals surface area contributed by atoms with E-state index in [-0.39, 0.29) is 5.91 Å². The number of carbonyl (C=O) groups excluding carboxylic acids is 1. The minimum absolute atomic E-state index is 0.00841. The van der Waals surface area contributed by atoms with Gasteiger partial charge in [-0.05, 0) is 17.7 Å². The third kappa shape index (κ3) is 4.10. The number of hydrogen-bond donors (Lipinski definition) is 2. The molecule has 1 heterocycles. The average Bonchev–Trinajstić information content (AvgIpc) is 2.78. The Morgan fingerprint density at radius 1 is 1.37 bits per heavy atom. The standard InChI is InChI=1S/C13H16N4OS/c1-17-9-15-16-12(17)6-7-14-13(18)8-10-2-4-11(19)5-3-10/h2-5,9,19H,6-8H2,1H3,(H,14,18). The van der Waals surface area contributed by atoms with Gasteiger partial charge in [0.1, 0.15) is 12.2 Å². The molecule has 0 bridgehead atoms. The van der Waals surface area contributed by atoms with Crippen LogP contribution in [0.5, 0.6) is 0 Å². The van der Waals surface area contributed by atoms with E-state index in [4.69, 9.17) is 0 Å². The molecular weight excluding hydrogens is 260 g/mol. The van der Waals surface area contributed by atoms with Crippen molar-refractivity contribution in [3.63, 3.8) is 0 Å². The van der Waals surface area contributed by atoms with Crippen molar-refractivity contribution in [1.82, 2.24) is 20.1 Å². The quantitative estimate of drug-likeness (QED) is 0.801. The smallest absolute Gasteiger partial charge is 0.224 e. The Labute approximate surface area is 117 Å².